The van der Waals surface area contributed by atoms with Crippen molar-refractivity contribution in [2.24, 2.45) is 0 Å². The quantitative estimate of drug-likeness (QED) is 0.633. The minimum Gasteiger partial charge on any atom is -0.378 e. The van der Waals surface area contributed by atoms with Crippen LogP contribution in [-0.2, 0) is 0 Å². The lowest BCUT2D eigenvalue weighted by Gasteiger charge is -2.16. The average molecular weight is 311 g/mol. The van der Waals surface area contributed by atoms with Gasteiger partial charge in [0.2, 0.25) is 0 Å². The first-order valence-electron chi connectivity index (χ1n) is 5.93. The summed E-state index contributed by atoms with van der Waals surface area (Å²) in [6, 6.07) is 12.1. The monoisotopic (exact) mass is 310 g/mol. The van der Waals surface area contributed by atoms with E-state index in [-0.39, 0.29) is 16.8 Å². The molecule has 0 aliphatic rings. The Morgan fingerprint density at radius 2 is 1.95 bits per heavy atom. The summed E-state index contributed by atoms with van der Waals surface area (Å²) in [7, 11) is 0. The zero-order valence-corrected chi connectivity index (χ0v) is 12.2. The summed E-state index contributed by atoms with van der Waals surface area (Å²) < 4.78 is 0. The normalized spacial score (nSPS) is 11.9. The molecule has 1 N–H and O–H groups in total. The third kappa shape index (κ3) is 3.40. The average Bonchev–Trinajstić information content (AvgIpc) is 2.38. The van der Waals surface area contributed by atoms with Crippen LogP contribution in [-0.4, -0.2) is 4.92 Å². The number of hydrogen-bond donors (Lipinski definition) is 1. The fraction of sp³-hybridized carbons (Fsp3) is 0.143. The molecule has 1 unspecified atom stereocenters. The smallest absolute Gasteiger partial charge is 0.288 e. The molecule has 20 heavy (non-hydrogen) atoms. The summed E-state index contributed by atoms with van der Waals surface area (Å²) in [5, 5.41) is 14.7. The summed E-state index contributed by atoms with van der Waals surface area (Å²) in [4.78, 5) is 10.2. The van der Waals surface area contributed by atoms with E-state index in [1.165, 1.54) is 6.07 Å². The summed E-state index contributed by atoms with van der Waals surface area (Å²) in [6.07, 6.45) is 0. The molecular weight excluding hydrogens is 299 g/mol. The molecule has 0 aromatic heterocycles. The lowest BCUT2D eigenvalue weighted by molar-refractivity contribution is -0.384. The summed E-state index contributed by atoms with van der Waals surface area (Å²) in [5.74, 6) is 0. The molecule has 1 atom stereocenters. The predicted octanol–water partition coefficient (Wildman–Crippen LogP) is 5.07. The van der Waals surface area contributed by atoms with Crippen LogP contribution in [0.5, 0.6) is 0 Å². The van der Waals surface area contributed by atoms with Crippen molar-refractivity contribution in [3.8, 4) is 0 Å². The van der Waals surface area contributed by atoms with E-state index in [1.54, 1.807) is 18.2 Å². The standard InChI is InChI=1S/C14H12Cl2N2O2/c1-9(10-3-2-4-11(15)7-10)17-12-5-6-14(18(19)20)13(16)8-12/h2-9,17H,1H3. The van der Waals surface area contributed by atoms with Gasteiger partial charge in [0, 0.05) is 22.8 Å². The van der Waals surface area contributed by atoms with Gasteiger partial charge in [0.15, 0.2) is 0 Å². The van der Waals surface area contributed by atoms with E-state index in [4.69, 9.17) is 23.2 Å². The third-order valence-electron chi connectivity index (χ3n) is 2.88. The van der Waals surface area contributed by atoms with E-state index in [9.17, 15) is 10.1 Å². The Hall–Kier alpha value is -1.78. The minimum atomic E-state index is -0.507. The first-order chi connectivity index (χ1) is 9.47. The van der Waals surface area contributed by atoms with Gasteiger partial charge in [-0.1, -0.05) is 35.3 Å². The van der Waals surface area contributed by atoms with E-state index in [2.05, 4.69) is 5.32 Å². The van der Waals surface area contributed by atoms with E-state index in [1.807, 2.05) is 25.1 Å². The Balaban J connectivity index is 2.18. The molecule has 2 aromatic rings. The number of nitrogens with zero attached hydrogens (tertiary/aromatic N) is 1. The lowest BCUT2D eigenvalue weighted by atomic mass is 10.1. The van der Waals surface area contributed by atoms with E-state index in [0.717, 1.165) is 5.56 Å². The van der Waals surface area contributed by atoms with E-state index >= 15 is 0 Å². The molecule has 0 saturated heterocycles. The number of rotatable bonds is 4. The molecule has 0 aliphatic heterocycles. The molecule has 0 spiro atoms. The largest absolute Gasteiger partial charge is 0.378 e. The van der Waals surface area contributed by atoms with E-state index < -0.39 is 4.92 Å². The van der Waals surface area contributed by atoms with Gasteiger partial charge < -0.3 is 5.32 Å². The highest BCUT2D eigenvalue weighted by molar-refractivity contribution is 6.33. The van der Waals surface area contributed by atoms with Crippen LogP contribution < -0.4 is 5.32 Å². The van der Waals surface area contributed by atoms with Crippen LogP contribution in [0.2, 0.25) is 10.0 Å². The van der Waals surface area contributed by atoms with Crippen LogP contribution >= 0.6 is 23.2 Å². The second-order valence-electron chi connectivity index (χ2n) is 4.34. The fourth-order valence-corrected chi connectivity index (χ4v) is 2.30. The van der Waals surface area contributed by atoms with Crippen molar-refractivity contribution in [2.45, 2.75) is 13.0 Å². The SMILES string of the molecule is CC(Nc1ccc([N+](=O)[O-])c(Cl)c1)c1cccc(Cl)c1. The molecule has 0 bridgehead atoms. The van der Waals surface area contributed by atoms with Gasteiger partial charge in [-0.25, -0.2) is 0 Å². The number of hydrogen-bond acceptors (Lipinski definition) is 3. The number of nitro groups is 1. The highest BCUT2D eigenvalue weighted by Gasteiger charge is 2.13. The van der Waals surface area contributed by atoms with Crippen LogP contribution in [0.3, 0.4) is 0 Å². The molecule has 6 heteroatoms. The summed E-state index contributed by atoms with van der Waals surface area (Å²) in [6.45, 7) is 1.97. The van der Waals surface area contributed by atoms with Crippen molar-refractivity contribution < 1.29 is 4.92 Å². The van der Waals surface area contributed by atoms with Crippen molar-refractivity contribution in [3.63, 3.8) is 0 Å². The molecule has 2 rings (SSSR count). The molecule has 104 valence electrons. The highest BCUT2D eigenvalue weighted by atomic mass is 35.5. The minimum absolute atomic E-state index is 0.00576. The molecule has 0 saturated carbocycles. The molecule has 0 amide bonds. The maximum atomic E-state index is 10.7. The molecule has 0 radical (unpaired) electrons. The zero-order valence-electron chi connectivity index (χ0n) is 10.6. The number of nitro benzene ring substituents is 1. The number of anilines is 1. The third-order valence-corrected chi connectivity index (χ3v) is 3.41. The van der Waals surface area contributed by atoms with Crippen LogP contribution in [0.15, 0.2) is 42.5 Å². The van der Waals surface area contributed by atoms with Gasteiger partial charge in [-0.2, -0.15) is 0 Å². The lowest BCUT2D eigenvalue weighted by Crippen LogP contribution is -2.06. The zero-order chi connectivity index (χ0) is 14.7. The van der Waals surface area contributed by atoms with E-state index in [0.29, 0.717) is 10.7 Å². The van der Waals surface area contributed by atoms with Crippen molar-refractivity contribution in [3.05, 3.63) is 68.2 Å². The number of benzene rings is 2. The highest BCUT2D eigenvalue weighted by Crippen LogP contribution is 2.29. The summed E-state index contributed by atoms with van der Waals surface area (Å²) >= 11 is 11.8. The van der Waals surface area contributed by atoms with Gasteiger partial charge in [0.05, 0.1) is 4.92 Å². The van der Waals surface area contributed by atoms with Crippen molar-refractivity contribution in [2.75, 3.05) is 5.32 Å². The van der Waals surface area contributed by atoms with Crippen LogP contribution in [0.1, 0.15) is 18.5 Å². The van der Waals surface area contributed by atoms with Crippen LogP contribution in [0, 0.1) is 10.1 Å². The van der Waals surface area contributed by atoms with Gasteiger partial charge >= 0.3 is 0 Å². The second kappa shape index (κ2) is 6.11. The van der Waals surface area contributed by atoms with Crippen molar-refractivity contribution in [1.29, 1.82) is 0 Å². The first-order valence-corrected chi connectivity index (χ1v) is 6.69. The fourth-order valence-electron chi connectivity index (χ4n) is 1.85. The second-order valence-corrected chi connectivity index (χ2v) is 5.19. The first kappa shape index (κ1) is 14.6. The maximum absolute atomic E-state index is 10.7. The topological polar surface area (TPSA) is 55.2 Å². The maximum Gasteiger partial charge on any atom is 0.288 e. The van der Waals surface area contributed by atoms with Crippen molar-refractivity contribution >= 4 is 34.6 Å². The van der Waals surface area contributed by atoms with Gasteiger partial charge in [-0.05, 0) is 36.8 Å². The van der Waals surface area contributed by atoms with Gasteiger partial charge in [-0.3, -0.25) is 10.1 Å². The van der Waals surface area contributed by atoms with Gasteiger partial charge in [0.25, 0.3) is 5.69 Å². The number of halogens is 2. The number of nitrogens with one attached hydrogen (secondary N) is 1. The summed E-state index contributed by atoms with van der Waals surface area (Å²) in [5.41, 5.74) is 1.63. The Bertz CT molecular complexity index is 647. The Morgan fingerprint density at radius 1 is 1.20 bits per heavy atom. The molecule has 0 aliphatic carbocycles. The van der Waals surface area contributed by atoms with Crippen LogP contribution in [0.25, 0.3) is 0 Å². The predicted molar refractivity (Wildman–Crippen MR) is 81.6 cm³/mol. The molecular formula is C14H12Cl2N2O2. The molecule has 0 fully saturated rings. The van der Waals surface area contributed by atoms with Crippen molar-refractivity contribution in [1.82, 2.24) is 0 Å². The molecule has 2 aromatic carbocycles. The Kier molecular flexibility index (Phi) is 4.47. The molecule has 4 nitrogen and oxygen atoms in total. The Labute approximate surface area is 126 Å². The Morgan fingerprint density at radius 3 is 2.55 bits per heavy atom. The van der Waals surface area contributed by atoms with Crippen LogP contribution in [0.4, 0.5) is 11.4 Å². The van der Waals surface area contributed by atoms with Gasteiger partial charge in [-0.15, -0.1) is 0 Å². The van der Waals surface area contributed by atoms with Gasteiger partial charge in [0.1, 0.15) is 5.02 Å². The molecule has 0 heterocycles.